The lowest BCUT2D eigenvalue weighted by molar-refractivity contribution is -0.185. The van der Waals surface area contributed by atoms with E-state index in [4.69, 9.17) is 20.9 Å². The molecule has 0 fully saturated rings. The maximum absolute atomic E-state index is 13.2. The van der Waals surface area contributed by atoms with Crippen LogP contribution in [0, 0.1) is 0 Å². The van der Waals surface area contributed by atoms with Crippen molar-refractivity contribution in [2.24, 2.45) is 0 Å². The van der Waals surface area contributed by atoms with Crippen molar-refractivity contribution in [1.82, 2.24) is 20.3 Å². The summed E-state index contributed by atoms with van der Waals surface area (Å²) in [4.78, 5) is 16.5. The third-order valence-electron chi connectivity index (χ3n) is 5.69. The third kappa shape index (κ3) is 5.80. The summed E-state index contributed by atoms with van der Waals surface area (Å²) in [6.07, 6.45) is 4.05. The number of hydrogen-bond donors (Lipinski definition) is 3. The number of nitrogens with zero attached hydrogens (tertiary/aromatic N) is 3. The van der Waals surface area contributed by atoms with E-state index in [1.165, 1.54) is 0 Å². The first kappa shape index (κ1) is 26.7. The van der Waals surface area contributed by atoms with E-state index in [-0.39, 0.29) is 16.5 Å². The van der Waals surface area contributed by atoms with Gasteiger partial charge in [0.15, 0.2) is 11.6 Å². The van der Waals surface area contributed by atoms with Crippen molar-refractivity contribution in [2.75, 3.05) is 17.7 Å². The van der Waals surface area contributed by atoms with E-state index in [2.05, 4.69) is 31.0 Å². The molecule has 4 aromatic rings. The fourth-order valence-corrected chi connectivity index (χ4v) is 3.52. The normalized spacial score (nSPS) is 12.1. The average molecular weight is 547 g/mol. The summed E-state index contributed by atoms with van der Waals surface area (Å²) in [5.41, 5.74) is 1.13. The Morgan fingerprint density at radius 3 is 2.61 bits per heavy atom. The second-order valence-corrected chi connectivity index (χ2v) is 9.07. The smallest absolute Gasteiger partial charge is 0.401 e. The van der Waals surface area contributed by atoms with Gasteiger partial charge in [-0.15, -0.1) is 0 Å². The number of alkyl halides is 3. The summed E-state index contributed by atoms with van der Waals surface area (Å²) in [6, 6.07) is 7.05. The lowest BCUT2D eigenvalue weighted by Gasteiger charge is -2.24. The standard InChI is InChI=1S/C25H22ClF3N6O3/c1-24(2,25(27,28)29)21-10-22(35-38-21)33-23(36)32-20-7-5-14(8-18(20)26)4-6-19-17(13-31-34-19)15-9-16(37-3)12-30-11-15/h4-13H,1-3H3,(H,31,34)(H2,32,33,35,36)/b6-4+. The molecule has 0 bridgehead atoms. The third-order valence-corrected chi connectivity index (χ3v) is 6.00. The molecule has 198 valence electrons. The van der Waals surface area contributed by atoms with Gasteiger partial charge < -0.3 is 14.6 Å². The van der Waals surface area contributed by atoms with Gasteiger partial charge in [-0.1, -0.05) is 28.9 Å². The number of aromatic nitrogens is 4. The number of carbonyl (C=O) groups excluding carboxylic acids is 1. The van der Waals surface area contributed by atoms with Crippen LogP contribution < -0.4 is 15.4 Å². The number of H-pyrrole nitrogens is 1. The number of amides is 2. The fourth-order valence-electron chi connectivity index (χ4n) is 3.29. The zero-order chi connectivity index (χ0) is 27.5. The van der Waals surface area contributed by atoms with Crippen LogP contribution in [0.15, 0.2) is 53.4 Å². The number of aromatic amines is 1. The molecule has 9 nitrogen and oxygen atoms in total. The van der Waals surface area contributed by atoms with E-state index in [9.17, 15) is 18.0 Å². The summed E-state index contributed by atoms with van der Waals surface area (Å²) >= 11 is 6.33. The quantitative estimate of drug-likeness (QED) is 0.235. The van der Waals surface area contributed by atoms with E-state index in [0.717, 1.165) is 42.3 Å². The minimum atomic E-state index is -4.55. The van der Waals surface area contributed by atoms with Gasteiger partial charge in [0.1, 0.15) is 11.2 Å². The van der Waals surface area contributed by atoms with Crippen molar-refractivity contribution in [3.63, 3.8) is 0 Å². The Morgan fingerprint density at radius 2 is 1.89 bits per heavy atom. The highest BCUT2D eigenvalue weighted by atomic mass is 35.5. The van der Waals surface area contributed by atoms with E-state index in [1.54, 1.807) is 50.0 Å². The van der Waals surface area contributed by atoms with Gasteiger partial charge in [-0.05, 0) is 43.7 Å². The number of nitrogens with one attached hydrogen (secondary N) is 3. The van der Waals surface area contributed by atoms with E-state index in [0.29, 0.717) is 5.75 Å². The Kier molecular flexibility index (Phi) is 7.44. The first-order chi connectivity index (χ1) is 18.0. The van der Waals surface area contributed by atoms with Crippen molar-refractivity contribution in [2.45, 2.75) is 25.4 Å². The number of anilines is 2. The molecule has 13 heteroatoms. The molecule has 0 atom stereocenters. The first-order valence-corrected chi connectivity index (χ1v) is 11.5. The van der Waals surface area contributed by atoms with Gasteiger partial charge in [0.2, 0.25) is 0 Å². The van der Waals surface area contributed by atoms with Crippen LogP contribution >= 0.6 is 11.6 Å². The Balaban J connectivity index is 1.42. The van der Waals surface area contributed by atoms with Crippen LogP contribution in [0.3, 0.4) is 0 Å². The van der Waals surface area contributed by atoms with E-state index >= 15 is 0 Å². The Labute approximate surface area is 220 Å². The van der Waals surface area contributed by atoms with Crippen molar-refractivity contribution in [3.05, 3.63) is 71.0 Å². The topological polar surface area (TPSA) is 118 Å². The number of benzene rings is 1. The summed E-state index contributed by atoms with van der Waals surface area (Å²) in [6.45, 7) is 1.91. The maximum Gasteiger partial charge on any atom is 0.401 e. The second-order valence-electron chi connectivity index (χ2n) is 8.66. The SMILES string of the molecule is COc1cncc(-c2cn[nH]c2/C=C/c2ccc(NC(=O)Nc3cc(C(C)(C)C(F)(F)F)on3)c(Cl)c2)c1. The summed E-state index contributed by atoms with van der Waals surface area (Å²) in [7, 11) is 1.56. The molecule has 3 aromatic heterocycles. The molecule has 0 saturated heterocycles. The Hall–Kier alpha value is -4.32. The predicted molar refractivity (Wildman–Crippen MR) is 137 cm³/mol. The summed E-state index contributed by atoms with van der Waals surface area (Å²) in [5.74, 6) is 0.0105. The molecule has 0 radical (unpaired) electrons. The molecule has 1 aromatic carbocycles. The number of rotatable bonds is 7. The van der Waals surface area contributed by atoms with Gasteiger partial charge in [0.25, 0.3) is 0 Å². The largest absolute Gasteiger partial charge is 0.495 e. The predicted octanol–water partition coefficient (Wildman–Crippen LogP) is 6.78. The number of ether oxygens (including phenoxy) is 1. The average Bonchev–Trinajstić information content (AvgIpc) is 3.53. The van der Waals surface area contributed by atoms with Crippen LogP contribution in [-0.2, 0) is 5.41 Å². The molecule has 0 saturated carbocycles. The molecule has 0 aliphatic carbocycles. The maximum atomic E-state index is 13.2. The van der Waals surface area contributed by atoms with Gasteiger partial charge >= 0.3 is 12.2 Å². The number of hydrogen-bond acceptors (Lipinski definition) is 6. The van der Waals surface area contributed by atoms with Crippen LogP contribution in [-0.4, -0.2) is 39.7 Å². The monoisotopic (exact) mass is 546 g/mol. The molecule has 38 heavy (non-hydrogen) atoms. The molecule has 0 aliphatic heterocycles. The number of methoxy groups -OCH3 is 1. The Bertz CT molecular complexity index is 1480. The molecule has 0 unspecified atom stereocenters. The van der Waals surface area contributed by atoms with Crippen molar-refractivity contribution in [3.8, 4) is 16.9 Å². The van der Waals surface area contributed by atoms with Crippen LogP contribution in [0.25, 0.3) is 23.3 Å². The molecular weight excluding hydrogens is 525 g/mol. The number of urea groups is 1. The van der Waals surface area contributed by atoms with Gasteiger partial charge in [-0.3, -0.25) is 15.4 Å². The zero-order valence-corrected chi connectivity index (χ0v) is 21.1. The number of pyridine rings is 1. The Morgan fingerprint density at radius 1 is 1.11 bits per heavy atom. The number of carbonyl (C=O) groups is 1. The van der Waals surface area contributed by atoms with Gasteiger partial charge in [0, 0.05) is 23.4 Å². The highest BCUT2D eigenvalue weighted by Crippen LogP contribution is 2.41. The molecular formula is C25H22ClF3N6O3. The molecule has 0 aliphatic rings. The highest BCUT2D eigenvalue weighted by molar-refractivity contribution is 6.34. The zero-order valence-electron chi connectivity index (χ0n) is 20.4. The van der Waals surface area contributed by atoms with Crippen LogP contribution in [0.1, 0.15) is 30.9 Å². The molecule has 3 N–H and O–H groups in total. The molecule has 3 heterocycles. The van der Waals surface area contributed by atoms with Crippen LogP contribution in [0.5, 0.6) is 5.75 Å². The summed E-state index contributed by atoms with van der Waals surface area (Å²) < 4.78 is 49.6. The minimum absolute atomic E-state index is 0.174. The second kappa shape index (κ2) is 10.6. The van der Waals surface area contributed by atoms with Gasteiger partial charge in [0.05, 0.1) is 35.9 Å². The summed E-state index contributed by atoms with van der Waals surface area (Å²) in [5, 5.41) is 15.6. The van der Waals surface area contributed by atoms with Crippen LogP contribution in [0.4, 0.5) is 29.5 Å². The molecule has 4 rings (SSSR count). The first-order valence-electron chi connectivity index (χ1n) is 11.1. The van der Waals surface area contributed by atoms with E-state index < -0.39 is 23.4 Å². The highest BCUT2D eigenvalue weighted by Gasteiger charge is 2.51. The van der Waals surface area contributed by atoms with Crippen molar-refractivity contribution >= 4 is 41.3 Å². The lowest BCUT2D eigenvalue weighted by Crippen LogP contribution is -2.35. The minimum Gasteiger partial charge on any atom is -0.495 e. The fraction of sp³-hybridized carbons (Fsp3) is 0.200. The van der Waals surface area contributed by atoms with Gasteiger partial charge in [-0.25, -0.2) is 4.79 Å². The van der Waals surface area contributed by atoms with E-state index in [1.807, 2.05) is 12.1 Å². The molecule has 0 spiro atoms. The van der Waals surface area contributed by atoms with Crippen LogP contribution in [0.2, 0.25) is 5.02 Å². The van der Waals surface area contributed by atoms with Gasteiger partial charge in [-0.2, -0.15) is 18.3 Å². The number of halogens is 4. The lowest BCUT2D eigenvalue weighted by atomic mass is 9.89. The molecule has 2 amide bonds. The van der Waals surface area contributed by atoms with Crippen molar-refractivity contribution in [1.29, 1.82) is 0 Å². The van der Waals surface area contributed by atoms with Crippen molar-refractivity contribution < 1.29 is 27.2 Å².